The lowest BCUT2D eigenvalue weighted by atomic mass is 10.1. The molecule has 3 unspecified atom stereocenters. The zero-order valence-corrected chi connectivity index (χ0v) is 10.3. The summed E-state index contributed by atoms with van der Waals surface area (Å²) in [5.74, 6) is -1.99. The Balaban J connectivity index is 2.94. The van der Waals surface area contributed by atoms with Crippen LogP contribution in [0.4, 0.5) is 0 Å². The van der Waals surface area contributed by atoms with Gasteiger partial charge in [-0.2, -0.15) is 9.57 Å². The van der Waals surface area contributed by atoms with Crippen LogP contribution in [0.1, 0.15) is 6.92 Å². The molecule has 0 aromatic heterocycles. The zero-order valence-electron chi connectivity index (χ0n) is 9.53. The van der Waals surface area contributed by atoms with Crippen molar-refractivity contribution < 1.29 is 23.1 Å². The van der Waals surface area contributed by atoms with Gasteiger partial charge in [-0.3, -0.25) is 4.79 Å². The number of carboxylic acids is 1. The highest BCUT2D eigenvalue weighted by atomic mass is 32.2. The maximum Gasteiger partial charge on any atom is 0.310 e. The Kier molecular flexibility index (Phi) is 4.08. The molecular formula is C9H14N2O5S. The predicted octanol–water partition coefficient (Wildman–Crippen LogP) is -0.740. The molecule has 0 spiro atoms. The van der Waals surface area contributed by atoms with Crippen molar-refractivity contribution >= 4 is 16.0 Å². The second kappa shape index (κ2) is 5.00. The number of likely N-dealkylation sites (N-methyl/N-ethyl adjacent to an activating group) is 1. The quantitative estimate of drug-likeness (QED) is 0.715. The lowest BCUT2D eigenvalue weighted by molar-refractivity contribution is -0.142. The number of hydrogen-bond donors (Lipinski definition) is 1. The first-order valence-electron chi connectivity index (χ1n) is 4.99. The third-order valence-electron chi connectivity index (χ3n) is 2.86. The third-order valence-corrected chi connectivity index (χ3v) is 4.94. The van der Waals surface area contributed by atoms with Crippen molar-refractivity contribution in [3.8, 4) is 6.07 Å². The van der Waals surface area contributed by atoms with Crippen LogP contribution in [0.15, 0.2) is 0 Å². The van der Waals surface area contributed by atoms with Gasteiger partial charge < -0.3 is 9.84 Å². The van der Waals surface area contributed by atoms with Gasteiger partial charge in [-0.15, -0.1) is 0 Å². The van der Waals surface area contributed by atoms with E-state index in [1.54, 1.807) is 6.07 Å². The fourth-order valence-electron chi connectivity index (χ4n) is 1.64. The number of nitrogens with zero attached hydrogens (tertiary/aromatic N) is 2. The van der Waals surface area contributed by atoms with Gasteiger partial charge in [0.05, 0.1) is 31.2 Å². The van der Waals surface area contributed by atoms with Crippen molar-refractivity contribution in [2.24, 2.45) is 5.92 Å². The molecular weight excluding hydrogens is 248 g/mol. The van der Waals surface area contributed by atoms with Crippen molar-refractivity contribution in [2.45, 2.75) is 18.2 Å². The fraction of sp³-hybridized carbons (Fsp3) is 0.778. The number of sulfonamides is 1. The number of carbonyl (C=O) groups is 1. The van der Waals surface area contributed by atoms with Crippen LogP contribution in [0.25, 0.3) is 0 Å². The molecule has 1 rings (SSSR count). The minimum absolute atomic E-state index is 0.0131. The van der Waals surface area contributed by atoms with Crippen molar-refractivity contribution in [3.05, 3.63) is 0 Å². The lowest BCUT2D eigenvalue weighted by Gasteiger charge is -2.26. The average Bonchev–Trinajstić information content (AvgIpc) is 2.75. The van der Waals surface area contributed by atoms with Crippen LogP contribution < -0.4 is 0 Å². The normalized spacial score (nSPS) is 26.7. The number of rotatable bonds is 4. The summed E-state index contributed by atoms with van der Waals surface area (Å²) in [5.41, 5.74) is 0. The van der Waals surface area contributed by atoms with Gasteiger partial charge in [0.25, 0.3) is 0 Å². The summed E-state index contributed by atoms with van der Waals surface area (Å²) in [5, 5.41) is 16.4. The summed E-state index contributed by atoms with van der Waals surface area (Å²) in [6, 6.07) is 0.880. The topological polar surface area (TPSA) is 108 Å². The third kappa shape index (κ3) is 2.57. The molecule has 1 N–H and O–H groups in total. The Morgan fingerprint density at radius 3 is 2.65 bits per heavy atom. The van der Waals surface area contributed by atoms with E-state index in [-0.39, 0.29) is 13.2 Å². The summed E-state index contributed by atoms with van der Waals surface area (Å²) < 4.78 is 29.7. The van der Waals surface area contributed by atoms with Crippen LogP contribution >= 0.6 is 0 Å². The first-order chi connectivity index (χ1) is 7.82. The molecule has 8 heteroatoms. The van der Waals surface area contributed by atoms with Crippen molar-refractivity contribution in [3.63, 3.8) is 0 Å². The molecule has 1 aliphatic heterocycles. The molecule has 1 heterocycles. The lowest BCUT2D eigenvalue weighted by Crippen LogP contribution is -2.46. The molecule has 0 aromatic rings. The summed E-state index contributed by atoms with van der Waals surface area (Å²) >= 11 is 0. The maximum absolute atomic E-state index is 11.9. The molecule has 96 valence electrons. The van der Waals surface area contributed by atoms with E-state index >= 15 is 0 Å². The smallest absolute Gasteiger partial charge is 0.310 e. The molecule has 1 aliphatic rings. The summed E-state index contributed by atoms with van der Waals surface area (Å²) in [6.45, 7) is 1.28. The van der Waals surface area contributed by atoms with Crippen molar-refractivity contribution in [2.75, 3.05) is 20.3 Å². The molecule has 0 radical (unpaired) electrons. The van der Waals surface area contributed by atoms with Gasteiger partial charge in [-0.1, -0.05) is 0 Å². The molecule has 0 saturated carbocycles. The molecule has 0 amide bonds. The number of hydrogen-bond acceptors (Lipinski definition) is 5. The van der Waals surface area contributed by atoms with E-state index in [0.29, 0.717) is 0 Å². The van der Waals surface area contributed by atoms with Crippen molar-refractivity contribution in [1.29, 1.82) is 5.26 Å². The van der Waals surface area contributed by atoms with Crippen LogP contribution in [0.2, 0.25) is 0 Å². The Bertz CT molecular complexity index is 441. The van der Waals surface area contributed by atoms with Gasteiger partial charge in [-0.05, 0) is 6.92 Å². The number of carboxylic acid groups (broad SMARTS) is 1. The summed E-state index contributed by atoms with van der Waals surface area (Å²) in [4.78, 5) is 10.9. The monoisotopic (exact) mass is 262 g/mol. The van der Waals surface area contributed by atoms with Crippen LogP contribution in [0.5, 0.6) is 0 Å². The minimum atomic E-state index is -3.81. The van der Waals surface area contributed by atoms with E-state index in [9.17, 15) is 13.2 Å². The standard InChI is InChI=1S/C9H14N2O5S/c1-6(3-10)17(14,15)11(2)8-5-16-4-7(8)9(12)13/h6-8H,4-5H2,1-2H3,(H,12,13). The first-order valence-corrected chi connectivity index (χ1v) is 6.49. The Morgan fingerprint density at radius 2 is 2.18 bits per heavy atom. The molecule has 1 fully saturated rings. The van der Waals surface area contributed by atoms with E-state index in [0.717, 1.165) is 4.31 Å². The second-order valence-electron chi connectivity index (χ2n) is 3.88. The van der Waals surface area contributed by atoms with Crippen LogP contribution in [-0.2, 0) is 19.6 Å². The first kappa shape index (κ1) is 13.9. The highest BCUT2D eigenvalue weighted by molar-refractivity contribution is 7.89. The van der Waals surface area contributed by atoms with E-state index in [2.05, 4.69) is 0 Å². The Labute approximate surface area is 99.6 Å². The van der Waals surface area contributed by atoms with Gasteiger partial charge in [0.1, 0.15) is 0 Å². The van der Waals surface area contributed by atoms with Gasteiger partial charge in [0.15, 0.2) is 5.25 Å². The number of ether oxygens (including phenoxy) is 1. The highest BCUT2D eigenvalue weighted by Crippen LogP contribution is 2.22. The van der Waals surface area contributed by atoms with Crippen LogP contribution in [0.3, 0.4) is 0 Å². The SMILES string of the molecule is CC(C#N)S(=O)(=O)N(C)C1COCC1C(=O)O. The van der Waals surface area contributed by atoms with Crippen molar-refractivity contribution in [1.82, 2.24) is 4.31 Å². The van der Waals surface area contributed by atoms with Gasteiger partial charge in [0, 0.05) is 7.05 Å². The molecule has 1 saturated heterocycles. The maximum atomic E-state index is 11.9. The molecule has 0 aliphatic carbocycles. The van der Waals surface area contributed by atoms with Crippen LogP contribution in [0, 0.1) is 17.2 Å². The fourth-order valence-corrected chi connectivity index (χ4v) is 2.86. The molecule has 0 bridgehead atoms. The number of nitriles is 1. The second-order valence-corrected chi connectivity index (χ2v) is 6.20. The van der Waals surface area contributed by atoms with E-state index < -0.39 is 33.2 Å². The Hall–Kier alpha value is -1.17. The summed E-state index contributed by atoms with van der Waals surface area (Å²) in [7, 11) is -2.53. The Morgan fingerprint density at radius 1 is 1.59 bits per heavy atom. The number of aliphatic carboxylic acids is 1. The minimum Gasteiger partial charge on any atom is -0.481 e. The summed E-state index contributed by atoms with van der Waals surface area (Å²) in [6.07, 6.45) is 0. The largest absolute Gasteiger partial charge is 0.481 e. The van der Waals surface area contributed by atoms with E-state index in [4.69, 9.17) is 15.1 Å². The molecule has 0 aromatic carbocycles. The van der Waals surface area contributed by atoms with Gasteiger partial charge in [0.2, 0.25) is 10.0 Å². The average molecular weight is 262 g/mol. The van der Waals surface area contributed by atoms with Gasteiger partial charge in [-0.25, -0.2) is 8.42 Å². The van der Waals surface area contributed by atoms with E-state index in [1.165, 1.54) is 14.0 Å². The highest BCUT2D eigenvalue weighted by Gasteiger charge is 2.42. The molecule has 17 heavy (non-hydrogen) atoms. The molecule has 7 nitrogen and oxygen atoms in total. The van der Waals surface area contributed by atoms with Crippen LogP contribution in [-0.4, -0.2) is 55.4 Å². The zero-order chi connectivity index (χ0) is 13.2. The van der Waals surface area contributed by atoms with E-state index in [1.807, 2.05) is 0 Å². The molecule has 3 atom stereocenters. The predicted molar refractivity (Wildman–Crippen MR) is 57.5 cm³/mol. The van der Waals surface area contributed by atoms with Gasteiger partial charge >= 0.3 is 5.97 Å².